The number of halogens is 7. The Bertz CT molecular complexity index is 1520. The Labute approximate surface area is 239 Å². The van der Waals surface area contributed by atoms with Gasteiger partial charge in [-0.2, -0.15) is 13.2 Å². The Kier molecular flexibility index (Phi) is 7.15. The molecule has 3 aliphatic rings. The fourth-order valence-electron chi connectivity index (χ4n) is 5.69. The Morgan fingerprint density at radius 2 is 1.63 bits per heavy atom. The van der Waals surface area contributed by atoms with Gasteiger partial charge in [0.1, 0.15) is 11.8 Å². The van der Waals surface area contributed by atoms with Crippen LogP contribution in [0.25, 0.3) is 5.78 Å². The maximum Gasteiger partial charge on any atom is 0.437 e. The molecule has 3 saturated carbocycles. The van der Waals surface area contributed by atoms with Crippen LogP contribution in [0.2, 0.25) is 0 Å². The van der Waals surface area contributed by atoms with Gasteiger partial charge >= 0.3 is 6.18 Å². The van der Waals surface area contributed by atoms with Crippen molar-refractivity contribution in [1.29, 1.82) is 0 Å². The summed E-state index contributed by atoms with van der Waals surface area (Å²) in [6.45, 7) is 0. The lowest BCUT2D eigenvalue weighted by atomic mass is 9.81. The van der Waals surface area contributed by atoms with E-state index in [-0.39, 0.29) is 43.1 Å². The molecule has 0 bridgehead atoms. The number of nitrogens with one attached hydrogen (secondary N) is 2. The average molecular weight is 617 g/mol. The molecule has 3 aromatic rings. The van der Waals surface area contributed by atoms with E-state index in [2.05, 4.69) is 30.3 Å². The van der Waals surface area contributed by atoms with E-state index in [0.717, 1.165) is 12.8 Å². The molecule has 3 atom stereocenters. The van der Waals surface area contributed by atoms with Crippen LogP contribution < -0.4 is 10.6 Å². The number of fused-ring (bicyclic) bond motifs is 1. The second-order valence-corrected chi connectivity index (χ2v) is 11.7. The van der Waals surface area contributed by atoms with E-state index in [1.54, 1.807) is 12.3 Å². The average Bonchev–Trinajstić information content (AvgIpc) is 3.71. The number of alkyl halides is 7. The molecule has 16 heteroatoms. The van der Waals surface area contributed by atoms with Gasteiger partial charge < -0.3 is 15.2 Å². The van der Waals surface area contributed by atoms with Crippen molar-refractivity contribution < 1.29 is 44.8 Å². The molecule has 3 aromatic heterocycles. The normalized spacial score (nSPS) is 23.1. The molecule has 0 aliphatic heterocycles. The van der Waals surface area contributed by atoms with E-state index in [9.17, 15) is 40.3 Å². The number of nitrogens with zero attached hydrogens (tertiary/aromatic N) is 4. The van der Waals surface area contributed by atoms with Gasteiger partial charge in [0.05, 0.1) is 23.5 Å². The van der Waals surface area contributed by atoms with Crippen LogP contribution in [0.5, 0.6) is 0 Å². The predicted molar refractivity (Wildman–Crippen MR) is 133 cm³/mol. The highest BCUT2D eigenvalue weighted by molar-refractivity contribution is 5.95. The summed E-state index contributed by atoms with van der Waals surface area (Å²) in [6, 6.07) is 0.0638. The zero-order valence-corrected chi connectivity index (χ0v) is 22.5. The van der Waals surface area contributed by atoms with E-state index in [4.69, 9.17) is 0 Å². The van der Waals surface area contributed by atoms with Crippen molar-refractivity contribution >= 4 is 17.6 Å². The molecule has 232 valence electrons. The Morgan fingerprint density at radius 3 is 2.26 bits per heavy atom. The fourth-order valence-corrected chi connectivity index (χ4v) is 5.69. The molecule has 0 saturated heterocycles. The van der Waals surface area contributed by atoms with Crippen molar-refractivity contribution in [2.75, 3.05) is 0 Å². The van der Waals surface area contributed by atoms with Crippen LogP contribution in [0.15, 0.2) is 29.2 Å². The standard InChI is InChI=1S/C27H27F7N6O3/c28-25(29)6-3-14(4-7-25)21(38-23(42)16-12-43-39-22(16)27(32,33)34)18-11-40-8-5-17(35-24(40)36-18)20(13-1-2-13)37-19(41)9-15-10-26(15,30)31/h5,8,11-15,20-21H,1-4,6-7,9-10H2,(H,37,41)(H,38,42)/t15-,20-,21+/m1/s1. The number of hydrogen-bond acceptors (Lipinski definition) is 6. The van der Waals surface area contributed by atoms with Gasteiger partial charge in [-0.1, -0.05) is 5.16 Å². The minimum Gasteiger partial charge on any atom is -0.363 e. The molecule has 3 heterocycles. The first-order valence-corrected chi connectivity index (χ1v) is 13.9. The van der Waals surface area contributed by atoms with Gasteiger partial charge in [0, 0.05) is 44.0 Å². The third kappa shape index (κ3) is 6.32. The molecule has 6 rings (SSSR count). The predicted octanol–water partition coefficient (Wildman–Crippen LogP) is 5.65. The van der Waals surface area contributed by atoms with Gasteiger partial charge in [0.25, 0.3) is 11.8 Å². The van der Waals surface area contributed by atoms with E-state index in [0.29, 0.717) is 12.0 Å². The lowest BCUT2D eigenvalue weighted by Crippen LogP contribution is -2.37. The second-order valence-electron chi connectivity index (χ2n) is 11.7. The van der Waals surface area contributed by atoms with Crippen LogP contribution in [0.1, 0.15) is 90.9 Å². The molecule has 0 spiro atoms. The van der Waals surface area contributed by atoms with Crippen molar-refractivity contribution in [3.8, 4) is 0 Å². The highest BCUT2D eigenvalue weighted by Gasteiger charge is 2.57. The van der Waals surface area contributed by atoms with Crippen molar-refractivity contribution in [3.05, 3.63) is 47.4 Å². The van der Waals surface area contributed by atoms with Crippen molar-refractivity contribution in [2.24, 2.45) is 17.8 Å². The van der Waals surface area contributed by atoms with Gasteiger partial charge in [-0.05, 0) is 43.6 Å². The first-order valence-electron chi connectivity index (χ1n) is 13.9. The molecule has 0 radical (unpaired) electrons. The third-order valence-corrected chi connectivity index (χ3v) is 8.40. The highest BCUT2D eigenvalue weighted by Crippen LogP contribution is 2.51. The lowest BCUT2D eigenvalue weighted by Gasteiger charge is -2.33. The first-order chi connectivity index (χ1) is 20.2. The van der Waals surface area contributed by atoms with Crippen LogP contribution in [0, 0.1) is 17.8 Å². The van der Waals surface area contributed by atoms with E-state index in [1.165, 1.54) is 10.6 Å². The maximum absolute atomic E-state index is 13.9. The van der Waals surface area contributed by atoms with Crippen molar-refractivity contribution in [1.82, 2.24) is 30.2 Å². The van der Waals surface area contributed by atoms with Crippen LogP contribution in [-0.4, -0.2) is 43.2 Å². The molecule has 2 amide bonds. The number of carbonyl (C=O) groups excluding carboxylic acids is 2. The molecular weight excluding hydrogens is 589 g/mol. The van der Waals surface area contributed by atoms with Crippen molar-refractivity contribution in [2.45, 2.75) is 81.5 Å². The molecule has 3 fully saturated rings. The van der Waals surface area contributed by atoms with Crippen molar-refractivity contribution in [3.63, 3.8) is 0 Å². The number of carbonyl (C=O) groups is 2. The van der Waals surface area contributed by atoms with E-state index >= 15 is 0 Å². The Morgan fingerprint density at radius 1 is 1.00 bits per heavy atom. The van der Waals surface area contributed by atoms with Gasteiger partial charge in [0.15, 0.2) is 5.69 Å². The zero-order valence-electron chi connectivity index (χ0n) is 22.5. The SMILES string of the molecule is O=C(C[C@@H]1CC1(F)F)N[C@@H](c1ccn2cc([C@@H](NC(=O)c3conc3C(F)(F)F)C3CCC(F)(F)CC3)nc2n1)C1CC1. The zero-order chi connectivity index (χ0) is 30.7. The molecule has 43 heavy (non-hydrogen) atoms. The topological polar surface area (TPSA) is 114 Å². The van der Waals surface area contributed by atoms with Gasteiger partial charge in [-0.15, -0.1) is 0 Å². The fraction of sp³-hybridized carbons (Fsp3) is 0.593. The van der Waals surface area contributed by atoms with Gasteiger partial charge in [-0.3, -0.25) is 14.0 Å². The summed E-state index contributed by atoms with van der Waals surface area (Å²) in [4.78, 5) is 34.5. The number of imidazole rings is 1. The molecule has 0 aromatic carbocycles. The quantitative estimate of drug-likeness (QED) is 0.301. The number of rotatable bonds is 9. The van der Waals surface area contributed by atoms with E-state index < -0.39 is 77.9 Å². The molecule has 9 nitrogen and oxygen atoms in total. The molecular formula is C27H27F7N6O3. The Balaban J connectivity index is 1.26. The molecule has 2 N–H and O–H groups in total. The summed E-state index contributed by atoms with van der Waals surface area (Å²) in [5, 5.41) is 8.22. The monoisotopic (exact) mass is 616 g/mol. The van der Waals surface area contributed by atoms with E-state index in [1.807, 2.05) is 0 Å². The maximum atomic E-state index is 13.9. The Hall–Kier alpha value is -3.72. The van der Waals surface area contributed by atoms with Gasteiger partial charge in [0.2, 0.25) is 17.6 Å². The summed E-state index contributed by atoms with van der Waals surface area (Å²) in [6.07, 6.45) is -1.25. The summed E-state index contributed by atoms with van der Waals surface area (Å²) in [7, 11) is 0. The second kappa shape index (κ2) is 10.5. The molecule has 0 unspecified atom stereocenters. The van der Waals surface area contributed by atoms with Crippen LogP contribution in [-0.2, 0) is 11.0 Å². The van der Waals surface area contributed by atoms with Crippen LogP contribution >= 0.6 is 0 Å². The number of hydrogen-bond donors (Lipinski definition) is 2. The summed E-state index contributed by atoms with van der Waals surface area (Å²) in [5.41, 5.74) is -1.73. The van der Waals surface area contributed by atoms with Gasteiger partial charge in [-0.25, -0.2) is 27.5 Å². The first kappa shape index (κ1) is 29.4. The highest BCUT2D eigenvalue weighted by atomic mass is 19.4. The smallest absolute Gasteiger partial charge is 0.363 e. The van der Waals surface area contributed by atoms with Crippen LogP contribution in [0.3, 0.4) is 0 Å². The lowest BCUT2D eigenvalue weighted by molar-refractivity contribution is -0.143. The minimum absolute atomic E-state index is 0.0178. The minimum atomic E-state index is -4.96. The summed E-state index contributed by atoms with van der Waals surface area (Å²) in [5.74, 6) is -8.71. The summed E-state index contributed by atoms with van der Waals surface area (Å²) < 4.78 is 100. The largest absolute Gasteiger partial charge is 0.437 e. The van der Waals surface area contributed by atoms with Crippen LogP contribution in [0.4, 0.5) is 30.7 Å². The number of aromatic nitrogens is 4. The third-order valence-electron chi connectivity index (χ3n) is 8.40. The summed E-state index contributed by atoms with van der Waals surface area (Å²) >= 11 is 0. The number of amides is 2. The molecule has 3 aliphatic carbocycles.